The van der Waals surface area contributed by atoms with E-state index < -0.39 is 0 Å². The number of aliphatic imine (C=N–C) groups is 2. The number of ether oxygens (including phenoxy) is 2. The molecule has 1 heterocycles. The zero-order valence-corrected chi connectivity index (χ0v) is 22.5. The van der Waals surface area contributed by atoms with Gasteiger partial charge in [0.05, 0.1) is 12.4 Å². The summed E-state index contributed by atoms with van der Waals surface area (Å²) in [5.74, 6) is 4.05. The van der Waals surface area contributed by atoms with Gasteiger partial charge in [-0.2, -0.15) is 0 Å². The Bertz CT molecular complexity index is 1370. The minimum atomic E-state index is 0.194. The van der Waals surface area contributed by atoms with Crippen LogP contribution >= 0.6 is 20.2 Å². The molecule has 0 saturated carbocycles. The average molecular weight is 585 g/mol. The molecule has 0 amide bonds. The molecule has 0 unspecified atom stereocenters. The molecule has 0 N–H and O–H groups in total. The topological polar surface area (TPSA) is 56.3 Å². The zero-order chi connectivity index (χ0) is 26.4. The monoisotopic (exact) mass is 584 g/mol. The molecule has 1 aromatic heterocycles. The number of furan rings is 1. The fourth-order valence-corrected chi connectivity index (χ4v) is 3.30. The molecule has 0 atom stereocenters. The van der Waals surface area contributed by atoms with E-state index in [9.17, 15) is 0 Å². The Balaban J connectivity index is 0.00000107. The van der Waals surface area contributed by atoms with E-state index in [1.807, 2.05) is 121 Å². The molecule has 38 heavy (non-hydrogen) atoms. The first kappa shape index (κ1) is 27.2. The number of rotatable bonds is 8. The van der Waals surface area contributed by atoms with Crippen LogP contribution in [0.25, 0.3) is 0 Å². The van der Waals surface area contributed by atoms with Crippen LogP contribution in [0.1, 0.15) is 11.5 Å². The number of hydrogen-bond acceptors (Lipinski definition) is 5. The standard InChI is InChI=1S/C30H22N2O3.2ClH.Fe/c1-3-11-23(12-4-1)34-29-17-9-7-15-27(29)31-21-25-19-20-26(33-25)22-32-28-16-8-10-18-30(28)35-24-13-5-2-6-14-24;;;/h1-22H;2*1H;/q;;;+2/p-2. The number of para-hydroxylation sites is 6. The number of hydrogen-bond donors (Lipinski definition) is 0. The molecule has 8 heteroatoms. The van der Waals surface area contributed by atoms with E-state index in [4.69, 9.17) is 34.1 Å². The summed E-state index contributed by atoms with van der Waals surface area (Å²) in [5.41, 5.74) is 1.41. The van der Waals surface area contributed by atoms with Crippen molar-refractivity contribution < 1.29 is 27.0 Å². The van der Waals surface area contributed by atoms with Crippen LogP contribution in [0, 0.1) is 0 Å². The van der Waals surface area contributed by atoms with Crippen molar-refractivity contribution in [2.45, 2.75) is 0 Å². The van der Waals surface area contributed by atoms with E-state index in [1.165, 1.54) is 0 Å². The molecule has 0 spiro atoms. The Kier molecular flexibility index (Phi) is 10.6. The van der Waals surface area contributed by atoms with Gasteiger partial charge in [0.1, 0.15) is 34.4 Å². The van der Waals surface area contributed by atoms with Crippen molar-refractivity contribution in [3.8, 4) is 23.0 Å². The fourth-order valence-electron chi connectivity index (χ4n) is 3.30. The van der Waals surface area contributed by atoms with Crippen molar-refractivity contribution >= 4 is 44.0 Å². The molecular formula is C30H22Cl2FeN2O3. The van der Waals surface area contributed by atoms with E-state index in [0.29, 0.717) is 34.4 Å². The summed E-state index contributed by atoms with van der Waals surface area (Å²) in [6, 6.07) is 38.1. The summed E-state index contributed by atoms with van der Waals surface area (Å²) in [4.78, 5) is 9.11. The Morgan fingerprint density at radius 2 is 0.895 bits per heavy atom. The predicted octanol–water partition coefficient (Wildman–Crippen LogP) is 9.74. The molecule has 5 nitrogen and oxygen atoms in total. The Morgan fingerprint density at radius 3 is 1.32 bits per heavy atom. The van der Waals surface area contributed by atoms with Crippen molar-refractivity contribution in [2.24, 2.45) is 9.98 Å². The Hall–Kier alpha value is -3.80. The van der Waals surface area contributed by atoms with E-state index in [2.05, 4.69) is 9.98 Å². The summed E-state index contributed by atoms with van der Waals surface area (Å²) in [5, 5.41) is 0. The maximum atomic E-state index is 5.97. The van der Waals surface area contributed by atoms with Crippen molar-refractivity contribution in [1.82, 2.24) is 0 Å². The molecule has 5 rings (SSSR count). The molecule has 4 aromatic carbocycles. The van der Waals surface area contributed by atoms with Gasteiger partial charge in [-0.3, -0.25) is 0 Å². The molecule has 0 aliphatic heterocycles. The SMILES string of the molecule is C(=Nc1ccccc1Oc1ccccc1)c1ccc(C=Nc2ccccc2Oc2ccccc2)o1.[Cl][Fe][Cl]. The van der Waals surface area contributed by atoms with Crippen LogP contribution in [0.4, 0.5) is 11.4 Å². The summed E-state index contributed by atoms with van der Waals surface area (Å²) in [6.45, 7) is 0. The van der Waals surface area contributed by atoms with Gasteiger partial charge >= 0.3 is 33.3 Å². The Labute approximate surface area is 236 Å². The van der Waals surface area contributed by atoms with Gasteiger partial charge in [0.15, 0.2) is 11.5 Å². The van der Waals surface area contributed by atoms with Gasteiger partial charge in [0, 0.05) is 0 Å². The van der Waals surface area contributed by atoms with E-state index in [1.54, 1.807) is 12.4 Å². The first-order valence-corrected chi connectivity index (χ1v) is 14.5. The van der Waals surface area contributed by atoms with Crippen LogP contribution in [0.5, 0.6) is 23.0 Å². The van der Waals surface area contributed by atoms with Gasteiger partial charge in [-0.25, -0.2) is 9.98 Å². The van der Waals surface area contributed by atoms with E-state index >= 15 is 0 Å². The van der Waals surface area contributed by atoms with Gasteiger partial charge in [-0.05, 0) is 60.7 Å². The zero-order valence-electron chi connectivity index (χ0n) is 19.9. The van der Waals surface area contributed by atoms with Crippen molar-refractivity contribution in [1.29, 1.82) is 0 Å². The third-order valence-corrected chi connectivity index (χ3v) is 4.98. The molecule has 0 radical (unpaired) electrons. The van der Waals surface area contributed by atoms with Gasteiger partial charge in [0.2, 0.25) is 0 Å². The van der Waals surface area contributed by atoms with Gasteiger partial charge in [-0.1, -0.05) is 60.7 Å². The van der Waals surface area contributed by atoms with Crippen molar-refractivity contribution in [3.63, 3.8) is 0 Å². The molecule has 0 aliphatic rings. The predicted molar refractivity (Wildman–Crippen MR) is 151 cm³/mol. The van der Waals surface area contributed by atoms with Crippen LogP contribution in [-0.2, 0) is 13.1 Å². The number of nitrogens with zero attached hydrogens (tertiary/aromatic N) is 2. The van der Waals surface area contributed by atoms with Crippen LogP contribution in [-0.4, -0.2) is 12.4 Å². The van der Waals surface area contributed by atoms with Gasteiger partial charge < -0.3 is 13.9 Å². The second kappa shape index (κ2) is 14.8. The average Bonchev–Trinajstić information content (AvgIpc) is 3.41. The third-order valence-electron chi connectivity index (χ3n) is 4.98. The van der Waals surface area contributed by atoms with Crippen LogP contribution in [0.3, 0.4) is 0 Å². The third kappa shape index (κ3) is 8.37. The maximum absolute atomic E-state index is 5.97. The normalized spacial score (nSPS) is 10.9. The summed E-state index contributed by atoms with van der Waals surface area (Å²) in [7, 11) is 9.53. The quantitative estimate of drug-likeness (QED) is 0.135. The minimum absolute atomic E-state index is 0.194. The molecule has 5 aromatic rings. The number of benzene rings is 4. The Morgan fingerprint density at radius 1 is 0.526 bits per heavy atom. The fraction of sp³-hybridized carbons (Fsp3) is 0. The molecule has 0 fully saturated rings. The number of halogens is 2. The second-order valence-electron chi connectivity index (χ2n) is 7.57. The van der Waals surface area contributed by atoms with Gasteiger partial charge in [0.25, 0.3) is 0 Å². The summed E-state index contributed by atoms with van der Waals surface area (Å²) >= 11 is 0.194. The second-order valence-corrected chi connectivity index (χ2v) is 9.40. The summed E-state index contributed by atoms with van der Waals surface area (Å²) in [6.07, 6.45) is 3.33. The van der Waals surface area contributed by atoms with Crippen molar-refractivity contribution in [2.75, 3.05) is 0 Å². The molecular weight excluding hydrogens is 563 g/mol. The van der Waals surface area contributed by atoms with Crippen LogP contribution in [0.2, 0.25) is 0 Å². The van der Waals surface area contributed by atoms with E-state index in [0.717, 1.165) is 11.5 Å². The first-order chi connectivity index (χ1) is 18.7. The first-order valence-electron chi connectivity index (χ1n) is 11.4. The van der Waals surface area contributed by atoms with E-state index in [-0.39, 0.29) is 13.1 Å². The van der Waals surface area contributed by atoms with Crippen LogP contribution < -0.4 is 9.47 Å². The van der Waals surface area contributed by atoms with Crippen molar-refractivity contribution in [3.05, 3.63) is 133 Å². The molecule has 0 aliphatic carbocycles. The molecule has 0 saturated heterocycles. The summed E-state index contributed by atoms with van der Waals surface area (Å²) < 4.78 is 17.8. The van der Waals surface area contributed by atoms with Gasteiger partial charge in [-0.15, -0.1) is 0 Å². The molecule has 0 bridgehead atoms. The van der Waals surface area contributed by atoms with Crippen LogP contribution in [0.15, 0.2) is 136 Å². The molecule has 192 valence electrons.